The molecule has 3 rings (SSSR count). The van der Waals surface area contributed by atoms with Crippen LogP contribution in [0.25, 0.3) is 0 Å². The summed E-state index contributed by atoms with van der Waals surface area (Å²) in [6, 6.07) is 6.52. The van der Waals surface area contributed by atoms with Crippen LogP contribution >= 0.6 is 0 Å². The topological polar surface area (TPSA) is 120 Å². The molecule has 2 aromatic rings. The molecule has 0 radical (unpaired) electrons. The second kappa shape index (κ2) is 5.34. The second-order valence-corrected chi connectivity index (χ2v) is 5.22. The highest BCUT2D eigenvalue weighted by molar-refractivity contribution is 6.31. The monoisotopic (exact) mass is 326 g/mol. The van der Waals surface area contributed by atoms with Crippen molar-refractivity contribution in [3.8, 4) is 0 Å². The van der Waals surface area contributed by atoms with Crippen molar-refractivity contribution in [1.82, 2.24) is 0 Å². The molecular weight excluding hydrogens is 316 g/mol. The lowest BCUT2D eigenvalue weighted by Gasteiger charge is -2.18. The lowest BCUT2D eigenvalue weighted by Crippen LogP contribution is -2.24. The molecule has 0 unspecified atom stereocenters. The van der Waals surface area contributed by atoms with Gasteiger partial charge in [0.1, 0.15) is 11.1 Å². The molecule has 2 aromatic carbocycles. The third-order valence-corrected chi connectivity index (χ3v) is 4.01. The van der Waals surface area contributed by atoms with Gasteiger partial charge in [0.15, 0.2) is 5.78 Å². The number of hydrogen-bond donors (Lipinski definition) is 0. The van der Waals surface area contributed by atoms with E-state index in [0.717, 1.165) is 6.07 Å². The molecule has 1 aliphatic carbocycles. The molecule has 24 heavy (non-hydrogen) atoms. The van der Waals surface area contributed by atoms with Crippen molar-refractivity contribution in [3.63, 3.8) is 0 Å². The zero-order valence-corrected chi connectivity index (χ0v) is 12.4. The highest BCUT2D eigenvalue weighted by Crippen LogP contribution is 2.38. The van der Waals surface area contributed by atoms with E-state index in [1.807, 2.05) is 0 Å². The Hall–Kier alpha value is -3.42. The van der Waals surface area contributed by atoms with Gasteiger partial charge in [-0.1, -0.05) is 19.1 Å². The highest BCUT2D eigenvalue weighted by atomic mass is 16.6. The Morgan fingerprint density at radius 1 is 0.875 bits per heavy atom. The Labute approximate surface area is 135 Å². The maximum Gasteiger partial charge on any atom is 0.284 e. The number of carbonyl (C=O) groups excluding carboxylic acids is 2. The number of nitro benzene ring substituents is 2. The predicted molar refractivity (Wildman–Crippen MR) is 82.4 cm³/mol. The molecular formula is C16H10N2O6. The molecule has 1 aliphatic rings. The summed E-state index contributed by atoms with van der Waals surface area (Å²) >= 11 is 0. The number of nitrogens with zero attached hydrogens (tertiary/aromatic N) is 2. The largest absolute Gasteiger partial charge is 0.289 e. The highest BCUT2D eigenvalue weighted by Gasteiger charge is 2.40. The molecule has 0 aliphatic heterocycles. The number of aryl methyl sites for hydroxylation is 1. The maximum absolute atomic E-state index is 12.8. The smallest absolute Gasteiger partial charge is 0.284 e. The van der Waals surface area contributed by atoms with Crippen LogP contribution in [0.15, 0.2) is 30.3 Å². The summed E-state index contributed by atoms with van der Waals surface area (Å²) in [7, 11) is 0. The van der Waals surface area contributed by atoms with Crippen LogP contribution in [0.5, 0.6) is 0 Å². The van der Waals surface area contributed by atoms with Crippen LogP contribution in [0, 0.1) is 20.2 Å². The normalized spacial score (nSPS) is 12.5. The van der Waals surface area contributed by atoms with E-state index >= 15 is 0 Å². The Bertz CT molecular complexity index is 948. The van der Waals surface area contributed by atoms with Crippen molar-refractivity contribution >= 4 is 22.9 Å². The van der Waals surface area contributed by atoms with Crippen molar-refractivity contribution in [2.45, 2.75) is 13.3 Å². The lowest BCUT2D eigenvalue weighted by atomic mass is 9.81. The zero-order valence-electron chi connectivity index (χ0n) is 12.4. The van der Waals surface area contributed by atoms with Crippen molar-refractivity contribution in [3.05, 3.63) is 78.4 Å². The zero-order chi connectivity index (χ0) is 17.6. The average molecular weight is 326 g/mol. The van der Waals surface area contributed by atoms with Gasteiger partial charge in [0.25, 0.3) is 11.4 Å². The molecule has 0 spiro atoms. The van der Waals surface area contributed by atoms with Gasteiger partial charge >= 0.3 is 0 Å². The number of rotatable bonds is 3. The van der Waals surface area contributed by atoms with Crippen LogP contribution in [0.1, 0.15) is 44.3 Å². The van der Waals surface area contributed by atoms with E-state index in [1.54, 1.807) is 6.92 Å². The third kappa shape index (κ3) is 2.00. The summed E-state index contributed by atoms with van der Waals surface area (Å²) < 4.78 is 0. The van der Waals surface area contributed by atoms with E-state index in [0.29, 0.717) is 5.56 Å². The first-order chi connectivity index (χ1) is 11.4. The van der Waals surface area contributed by atoms with Crippen molar-refractivity contribution in [1.29, 1.82) is 0 Å². The predicted octanol–water partition coefficient (Wildman–Crippen LogP) is 2.84. The van der Waals surface area contributed by atoms with Crippen LogP contribution in [0.2, 0.25) is 0 Å². The van der Waals surface area contributed by atoms with E-state index in [9.17, 15) is 29.8 Å². The molecule has 0 bridgehead atoms. The van der Waals surface area contributed by atoms with E-state index < -0.39 is 38.4 Å². The fourth-order valence-electron chi connectivity index (χ4n) is 2.94. The Morgan fingerprint density at radius 2 is 1.54 bits per heavy atom. The van der Waals surface area contributed by atoms with Gasteiger partial charge < -0.3 is 0 Å². The maximum atomic E-state index is 12.8. The number of benzene rings is 2. The molecule has 0 saturated carbocycles. The molecule has 8 nitrogen and oxygen atoms in total. The second-order valence-electron chi connectivity index (χ2n) is 5.22. The minimum atomic E-state index is -0.867. The molecule has 0 atom stereocenters. The SMILES string of the molecule is CCc1ccc2c(c1[N+](=O)[O-])C(=O)c1c(cccc1[N+](=O)[O-])C2=O. The van der Waals surface area contributed by atoms with Gasteiger partial charge in [-0.2, -0.15) is 0 Å². The lowest BCUT2D eigenvalue weighted by molar-refractivity contribution is -0.386. The standard InChI is InChI=1S/C16H10N2O6/c1-2-8-6-7-10-13(14(8)18(23)24)16(20)12-9(15(10)19)4-3-5-11(12)17(21)22/h3-7H,2H2,1H3. The fourth-order valence-corrected chi connectivity index (χ4v) is 2.94. The minimum Gasteiger partial charge on any atom is -0.289 e. The molecule has 0 heterocycles. The number of hydrogen-bond acceptors (Lipinski definition) is 6. The molecule has 0 fully saturated rings. The van der Waals surface area contributed by atoms with Crippen LogP contribution in [0.3, 0.4) is 0 Å². The first kappa shape index (κ1) is 15.5. The average Bonchev–Trinajstić information content (AvgIpc) is 2.57. The Kier molecular flexibility index (Phi) is 3.44. The summed E-state index contributed by atoms with van der Waals surface area (Å²) in [6.07, 6.45) is 0.287. The van der Waals surface area contributed by atoms with Gasteiger partial charge in [0.05, 0.1) is 9.85 Å². The van der Waals surface area contributed by atoms with Crippen molar-refractivity contribution in [2.75, 3.05) is 0 Å². The number of ketones is 2. The van der Waals surface area contributed by atoms with Gasteiger partial charge in [-0.15, -0.1) is 0 Å². The molecule has 8 heteroatoms. The number of nitro groups is 2. The van der Waals surface area contributed by atoms with Crippen molar-refractivity contribution in [2.24, 2.45) is 0 Å². The molecule has 0 N–H and O–H groups in total. The first-order valence-corrected chi connectivity index (χ1v) is 7.05. The van der Waals surface area contributed by atoms with Crippen LogP contribution in [-0.4, -0.2) is 21.4 Å². The number of fused-ring (bicyclic) bond motifs is 2. The molecule has 0 saturated heterocycles. The Balaban J connectivity index is 2.41. The van der Waals surface area contributed by atoms with Gasteiger partial charge in [-0.3, -0.25) is 29.8 Å². The number of carbonyl (C=O) groups is 2. The van der Waals surface area contributed by atoms with E-state index in [1.165, 1.54) is 24.3 Å². The quantitative estimate of drug-likeness (QED) is 0.539. The van der Waals surface area contributed by atoms with Crippen molar-refractivity contribution < 1.29 is 19.4 Å². The first-order valence-electron chi connectivity index (χ1n) is 7.05. The van der Waals surface area contributed by atoms with E-state index in [2.05, 4.69) is 0 Å². The van der Waals surface area contributed by atoms with Gasteiger partial charge in [0, 0.05) is 22.8 Å². The van der Waals surface area contributed by atoms with Gasteiger partial charge in [-0.25, -0.2) is 0 Å². The molecule has 0 aromatic heterocycles. The third-order valence-electron chi connectivity index (χ3n) is 4.01. The van der Waals surface area contributed by atoms with Crippen LogP contribution in [0.4, 0.5) is 11.4 Å². The fraction of sp³-hybridized carbons (Fsp3) is 0.125. The van der Waals surface area contributed by atoms with Crippen LogP contribution < -0.4 is 0 Å². The summed E-state index contributed by atoms with van der Waals surface area (Å²) in [6.45, 7) is 1.68. The van der Waals surface area contributed by atoms with E-state index in [-0.39, 0.29) is 23.1 Å². The summed E-state index contributed by atoms with van der Waals surface area (Å²) in [4.78, 5) is 46.6. The molecule has 120 valence electrons. The minimum absolute atomic E-state index is 0.100. The summed E-state index contributed by atoms with van der Waals surface area (Å²) in [5, 5.41) is 22.6. The van der Waals surface area contributed by atoms with Gasteiger partial charge in [0.2, 0.25) is 5.78 Å². The van der Waals surface area contributed by atoms with E-state index in [4.69, 9.17) is 0 Å². The Morgan fingerprint density at radius 3 is 2.12 bits per heavy atom. The van der Waals surface area contributed by atoms with Gasteiger partial charge in [-0.05, 0) is 18.6 Å². The molecule has 0 amide bonds. The summed E-state index contributed by atoms with van der Waals surface area (Å²) in [5.74, 6) is -1.50. The summed E-state index contributed by atoms with van der Waals surface area (Å²) in [5.41, 5.74) is -1.67. The van der Waals surface area contributed by atoms with Crippen LogP contribution in [-0.2, 0) is 6.42 Å².